The van der Waals surface area contributed by atoms with Crippen molar-refractivity contribution in [2.24, 2.45) is 0 Å². The molecular weight excluding hydrogens is 307 g/mol. The quantitative estimate of drug-likeness (QED) is 0.606. The van der Waals surface area contributed by atoms with Gasteiger partial charge in [-0.3, -0.25) is 19.4 Å². The molecule has 0 N–H and O–H groups in total. The Balaban J connectivity index is 1.82. The van der Waals surface area contributed by atoms with E-state index in [0.29, 0.717) is 24.3 Å². The number of halogens is 1. The van der Waals surface area contributed by atoms with Gasteiger partial charge in [0.1, 0.15) is 5.82 Å². The second kappa shape index (κ2) is 6.76. The Morgan fingerprint density at radius 3 is 2.67 bits per heavy atom. The highest BCUT2D eigenvalue weighted by atomic mass is 19.1. The van der Waals surface area contributed by atoms with Crippen molar-refractivity contribution in [1.82, 2.24) is 4.90 Å². The summed E-state index contributed by atoms with van der Waals surface area (Å²) in [6.45, 7) is 4.93. The lowest BCUT2D eigenvalue weighted by Crippen LogP contribution is -2.40. The van der Waals surface area contributed by atoms with Crippen LogP contribution in [0.4, 0.5) is 10.1 Å². The van der Waals surface area contributed by atoms with Gasteiger partial charge in [0.15, 0.2) is 0 Å². The summed E-state index contributed by atoms with van der Waals surface area (Å²) in [5, 5.41) is 0. The van der Waals surface area contributed by atoms with Crippen LogP contribution in [0.2, 0.25) is 0 Å². The summed E-state index contributed by atoms with van der Waals surface area (Å²) < 4.78 is 13.4. The second-order valence-corrected chi connectivity index (χ2v) is 5.65. The van der Waals surface area contributed by atoms with Crippen molar-refractivity contribution in [3.05, 3.63) is 78.1 Å². The number of carbonyl (C=O) groups is 2. The third-order valence-corrected chi connectivity index (χ3v) is 3.90. The fourth-order valence-corrected chi connectivity index (χ4v) is 2.84. The molecule has 0 unspecified atom stereocenters. The van der Waals surface area contributed by atoms with Crippen LogP contribution < -0.4 is 4.90 Å². The first-order valence-electron chi connectivity index (χ1n) is 7.63. The van der Waals surface area contributed by atoms with Gasteiger partial charge in [-0.15, -0.1) is 6.58 Å². The molecule has 0 atom stereocenters. The Labute approximate surface area is 139 Å². The first-order chi connectivity index (χ1) is 11.6. The van der Waals surface area contributed by atoms with Crippen molar-refractivity contribution in [2.45, 2.75) is 6.54 Å². The highest BCUT2D eigenvalue weighted by molar-refractivity contribution is 6.52. The number of nitrogens with zero attached hydrogens (tertiary/aromatic N) is 2. The number of hydrogen-bond donors (Lipinski definition) is 0. The van der Waals surface area contributed by atoms with Gasteiger partial charge in [0.2, 0.25) is 0 Å². The van der Waals surface area contributed by atoms with E-state index in [9.17, 15) is 14.0 Å². The topological polar surface area (TPSA) is 40.6 Å². The maximum atomic E-state index is 13.4. The lowest BCUT2D eigenvalue weighted by atomic mass is 10.1. The normalized spacial score (nSPS) is 13.5. The van der Waals surface area contributed by atoms with Crippen LogP contribution in [0, 0.1) is 5.82 Å². The monoisotopic (exact) mass is 324 g/mol. The van der Waals surface area contributed by atoms with E-state index in [4.69, 9.17) is 0 Å². The summed E-state index contributed by atoms with van der Waals surface area (Å²) in [7, 11) is 0. The van der Waals surface area contributed by atoms with E-state index in [2.05, 4.69) is 6.58 Å². The van der Waals surface area contributed by atoms with Crippen molar-refractivity contribution >= 4 is 17.4 Å². The maximum absolute atomic E-state index is 13.4. The Hall–Kier alpha value is -2.79. The van der Waals surface area contributed by atoms with Crippen molar-refractivity contribution in [3.8, 4) is 0 Å². The van der Waals surface area contributed by atoms with E-state index >= 15 is 0 Å². The van der Waals surface area contributed by atoms with Gasteiger partial charge in [0, 0.05) is 13.1 Å². The number of ketones is 1. The number of anilines is 1. The molecule has 2 aromatic carbocycles. The van der Waals surface area contributed by atoms with Gasteiger partial charge in [0.25, 0.3) is 5.78 Å². The van der Waals surface area contributed by atoms with Crippen molar-refractivity contribution in [3.63, 3.8) is 0 Å². The SMILES string of the molecule is C=CCN(Cc1cccc(F)c1)CN1C(=O)C(=O)c2ccccc21. The largest absolute Gasteiger partial charge is 0.300 e. The van der Waals surface area contributed by atoms with E-state index in [-0.39, 0.29) is 12.5 Å². The van der Waals surface area contributed by atoms with Crippen LogP contribution in [0.1, 0.15) is 15.9 Å². The van der Waals surface area contributed by atoms with Gasteiger partial charge >= 0.3 is 5.91 Å². The molecule has 24 heavy (non-hydrogen) atoms. The predicted molar refractivity (Wildman–Crippen MR) is 90.1 cm³/mol. The van der Waals surface area contributed by atoms with Gasteiger partial charge in [-0.1, -0.05) is 30.3 Å². The molecule has 122 valence electrons. The Morgan fingerprint density at radius 2 is 1.92 bits per heavy atom. The zero-order valence-corrected chi connectivity index (χ0v) is 13.1. The van der Waals surface area contributed by atoms with Crippen LogP contribution in [0.25, 0.3) is 0 Å². The molecule has 0 aliphatic carbocycles. The van der Waals surface area contributed by atoms with E-state index in [0.717, 1.165) is 5.56 Å². The molecule has 1 aliphatic rings. The number of para-hydroxylation sites is 1. The summed E-state index contributed by atoms with van der Waals surface area (Å²) in [6, 6.07) is 13.3. The van der Waals surface area contributed by atoms with Gasteiger partial charge < -0.3 is 0 Å². The maximum Gasteiger partial charge on any atom is 0.300 e. The lowest BCUT2D eigenvalue weighted by Gasteiger charge is -2.27. The zero-order chi connectivity index (χ0) is 17.1. The van der Waals surface area contributed by atoms with Crippen LogP contribution in [0.15, 0.2) is 61.2 Å². The summed E-state index contributed by atoms with van der Waals surface area (Å²) >= 11 is 0. The summed E-state index contributed by atoms with van der Waals surface area (Å²) in [5.41, 5.74) is 1.83. The predicted octanol–water partition coefficient (Wildman–Crippen LogP) is 3.00. The van der Waals surface area contributed by atoms with Gasteiger partial charge in [-0.2, -0.15) is 0 Å². The smallest absolute Gasteiger partial charge is 0.291 e. The average molecular weight is 324 g/mol. The molecule has 0 saturated carbocycles. The third kappa shape index (κ3) is 3.12. The van der Waals surface area contributed by atoms with Crippen LogP contribution >= 0.6 is 0 Å². The Kier molecular flexibility index (Phi) is 4.53. The lowest BCUT2D eigenvalue weighted by molar-refractivity contribution is -0.114. The second-order valence-electron chi connectivity index (χ2n) is 5.65. The van der Waals surface area contributed by atoms with E-state index in [1.165, 1.54) is 17.0 Å². The fourth-order valence-electron chi connectivity index (χ4n) is 2.84. The first kappa shape index (κ1) is 16.1. The molecule has 0 saturated heterocycles. The highest BCUT2D eigenvalue weighted by Crippen LogP contribution is 2.28. The molecule has 4 nitrogen and oxygen atoms in total. The third-order valence-electron chi connectivity index (χ3n) is 3.90. The zero-order valence-electron chi connectivity index (χ0n) is 13.1. The molecule has 1 aliphatic heterocycles. The van der Waals surface area contributed by atoms with Crippen LogP contribution in [0.5, 0.6) is 0 Å². The Bertz CT molecular complexity index is 803. The molecule has 0 radical (unpaired) electrons. The molecule has 0 spiro atoms. The molecule has 1 heterocycles. The van der Waals surface area contributed by atoms with Gasteiger partial charge in [0.05, 0.1) is 17.9 Å². The number of amides is 1. The number of benzene rings is 2. The molecule has 3 rings (SSSR count). The molecule has 0 bridgehead atoms. The number of rotatable bonds is 6. The summed E-state index contributed by atoms with van der Waals surface area (Å²) in [5.74, 6) is -1.33. The molecule has 5 heteroatoms. The molecule has 1 amide bonds. The number of Topliss-reactive ketones (excluding diaryl/α,β-unsaturated/α-hetero) is 1. The van der Waals surface area contributed by atoms with E-state index < -0.39 is 11.7 Å². The summed E-state index contributed by atoms with van der Waals surface area (Å²) in [4.78, 5) is 27.7. The molecule has 2 aromatic rings. The molecule has 0 fully saturated rings. The van der Waals surface area contributed by atoms with Crippen molar-refractivity contribution in [2.75, 3.05) is 18.1 Å². The molecule has 0 aromatic heterocycles. The minimum Gasteiger partial charge on any atom is -0.291 e. The highest BCUT2D eigenvalue weighted by Gasteiger charge is 2.36. The van der Waals surface area contributed by atoms with Crippen molar-refractivity contribution < 1.29 is 14.0 Å². The number of hydrogen-bond acceptors (Lipinski definition) is 3. The van der Waals surface area contributed by atoms with Crippen LogP contribution in [0.3, 0.4) is 0 Å². The van der Waals surface area contributed by atoms with Gasteiger partial charge in [-0.05, 0) is 29.8 Å². The first-order valence-corrected chi connectivity index (χ1v) is 7.63. The summed E-state index contributed by atoms with van der Waals surface area (Å²) in [6.07, 6.45) is 1.72. The standard InChI is InChI=1S/C19H17FN2O2/c1-2-10-21(12-14-6-5-7-15(20)11-14)13-22-17-9-4-3-8-16(17)18(23)19(22)24/h2-9,11H,1,10,12-13H2. The minimum absolute atomic E-state index is 0.240. The van der Waals surface area contributed by atoms with Crippen molar-refractivity contribution in [1.29, 1.82) is 0 Å². The minimum atomic E-state index is -0.537. The number of carbonyl (C=O) groups excluding carboxylic acids is 2. The fraction of sp³-hybridized carbons (Fsp3) is 0.158. The van der Waals surface area contributed by atoms with Crippen LogP contribution in [-0.2, 0) is 11.3 Å². The Morgan fingerprint density at radius 1 is 1.12 bits per heavy atom. The van der Waals surface area contributed by atoms with Crippen LogP contribution in [-0.4, -0.2) is 29.8 Å². The van der Waals surface area contributed by atoms with E-state index in [1.54, 1.807) is 36.4 Å². The average Bonchev–Trinajstić information content (AvgIpc) is 2.81. The van der Waals surface area contributed by atoms with E-state index in [1.807, 2.05) is 11.0 Å². The van der Waals surface area contributed by atoms with Gasteiger partial charge in [-0.25, -0.2) is 4.39 Å². The molecular formula is C19H17FN2O2. The number of fused-ring (bicyclic) bond motifs is 1.